The molecule has 0 aromatic carbocycles. The molecule has 3 atom stereocenters. The molecule has 3 aliphatic rings. The van der Waals surface area contributed by atoms with E-state index in [1.807, 2.05) is 0 Å². The van der Waals surface area contributed by atoms with Crippen LogP contribution in [0.5, 0.6) is 0 Å². The van der Waals surface area contributed by atoms with E-state index < -0.39 is 5.60 Å². The minimum absolute atomic E-state index is 0.258. The lowest BCUT2D eigenvalue weighted by Crippen LogP contribution is -2.51. The van der Waals surface area contributed by atoms with Gasteiger partial charge in [0.05, 0.1) is 5.60 Å². The maximum atomic E-state index is 10.8. The van der Waals surface area contributed by atoms with Crippen LogP contribution in [-0.4, -0.2) is 10.7 Å². The first-order chi connectivity index (χ1) is 9.34. The second kappa shape index (κ2) is 4.73. The van der Waals surface area contributed by atoms with Gasteiger partial charge in [-0.15, -0.1) is 0 Å². The zero-order chi connectivity index (χ0) is 14.5. The zero-order valence-corrected chi connectivity index (χ0v) is 13.6. The average Bonchev–Trinajstić information content (AvgIpc) is 2.37. The molecule has 1 fully saturated rings. The number of allylic oxidation sites excluding steroid dienone is 4. The van der Waals surface area contributed by atoms with Crippen molar-refractivity contribution in [2.45, 2.75) is 78.2 Å². The zero-order valence-electron chi connectivity index (χ0n) is 13.6. The van der Waals surface area contributed by atoms with Gasteiger partial charge in [0.2, 0.25) is 0 Å². The Morgan fingerprint density at radius 3 is 2.70 bits per heavy atom. The van der Waals surface area contributed by atoms with Crippen LogP contribution >= 0.6 is 0 Å². The van der Waals surface area contributed by atoms with Gasteiger partial charge >= 0.3 is 0 Å². The van der Waals surface area contributed by atoms with Crippen LogP contribution < -0.4 is 0 Å². The number of hydrogen-bond donors (Lipinski definition) is 1. The summed E-state index contributed by atoms with van der Waals surface area (Å²) in [5, 5.41) is 10.8. The van der Waals surface area contributed by atoms with E-state index in [-0.39, 0.29) is 5.41 Å². The van der Waals surface area contributed by atoms with Crippen molar-refractivity contribution in [2.75, 3.05) is 0 Å². The summed E-state index contributed by atoms with van der Waals surface area (Å²) in [6.07, 6.45) is 10.7. The summed E-state index contributed by atoms with van der Waals surface area (Å²) in [7, 11) is 0. The molecule has 20 heavy (non-hydrogen) atoms. The third-order valence-corrected chi connectivity index (χ3v) is 6.48. The van der Waals surface area contributed by atoms with Gasteiger partial charge < -0.3 is 5.11 Å². The Bertz CT molecular complexity index is 466. The largest absolute Gasteiger partial charge is 0.390 e. The molecule has 3 rings (SSSR count). The van der Waals surface area contributed by atoms with Crippen molar-refractivity contribution in [1.29, 1.82) is 0 Å². The second-order valence-corrected chi connectivity index (χ2v) is 8.12. The third-order valence-electron chi connectivity index (χ3n) is 6.48. The quantitative estimate of drug-likeness (QED) is 0.666. The van der Waals surface area contributed by atoms with Crippen molar-refractivity contribution in [3.05, 3.63) is 22.8 Å². The molecule has 1 heteroatoms. The van der Waals surface area contributed by atoms with Crippen molar-refractivity contribution >= 4 is 0 Å². The lowest BCUT2D eigenvalue weighted by Gasteiger charge is -2.55. The summed E-state index contributed by atoms with van der Waals surface area (Å²) in [6, 6.07) is 0. The van der Waals surface area contributed by atoms with Crippen molar-refractivity contribution in [1.82, 2.24) is 0 Å². The fourth-order valence-electron chi connectivity index (χ4n) is 5.28. The normalized spacial score (nSPS) is 41.3. The molecular weight excluding hydrogens is 244 g/mol. The van der Waals surface area contributed by atoms with Crippen LogP contribution in [0.3, 0.4) is 0 Å². The Kier molecular flexibility index (Phi) is 3.40. The Hall–Kier alpha value is -0.560. The van der Waals surface area contributed by atoms with Gasteiger partial charge in [0.1, 0.15) is 0 Å². The van der Waals surface area contributed by atoms with E-state index in [2.05, 4.69) is 33.8 Å². The topological polar surface area (TPSA) is 20.2 Å². The molecule has 1 nitrogen and oxygen atoms in total. The first-order valence-corrected chi connectivity index (χ1v) is 8.47. The van der Waals surface area contributed by atoms with Crippen molar-refractivity contribution < 1.29 is 5.11 Å². The molecule has 3 aliphatic carbocycles. The molecular formula is C19H30O. The first-order valence-electron chi connectivity index (χ1n) is 8.47. The SMILES string of the molecule is CC(C)C1=CCC2=C(CCC3[C@](C)(O)CCC[C@]23C)C1. The van der Waals surface area contributed by atoms with E-state index in [0.29, 0.717) is 11.8 Å². The minimum atomic E-state index is -0.451. The smallest absolute Gasteiger partial charge is 0.0656 e. The van der Waals surface area contributed by atoms with Gasteiger partial charge in [0.25, 0.3) is 0 Å². The predicted octanol–water partition coefficient (Wildman–Crippen LogP) is 5.01. The molecule has 1 saturated carbocycles. The lowest BCUT2D eigenvalue weighted by atomic mass is 9.52. The maximum Gasteiger partial charge on any atom is 0.0656 e. The molecule has 0 aromatic heterocycles. The monoisotopic (exact) mass is 274 g/mol. The van der Waals surface area contributed by atoms with Gasteiger partial charge in [-0.05, 0) is 69.1 Å². The molecule has 1 unspecified atom stereocenters. The summed E-state index contributed by atoms with van der Waals surface area (Å²) < 4.78 is 0. The van der Waals surface area contributed by atoms with Gasteiger partial charge in [-0.3, -0.25) is 0 Å². The van der Waals surface area contributed by atoms with E-state index >= 15 is 0 Å². The predicted molar refractivity (Wildman–Crippen MR) is 84.5 cm³/mol. The van der Waals surface area contributed by atoms with Crippen LogP contribution in [0.15, 0.2) is 22.8 Å². The maximum absolute atomic E-state index is 10.8. The number of fused-ring (bicyclic) bond motifs is 2. The number of hydrogen-bond acceptors (Lipinski definition) is 1. The minimum Gasteiger partial charge on any atom is -0.390 e. The Labute approximate surface area is 124 Å². The highest BCUT2D eigenvalue weighted by atomic mass is 16.3. The molecule has 0 aromatic rings. The van der Waals surface area contributed by atoms with Gasteiger partial charge in [-0.1, -0.05) is 43.6 Å². The Morgan fingerprint density at radius 2 is 2.00 bits per heavy atom. The Balaban J connectivity index is 1.93. The summed E-state index contributed by atoms with van der Waals surface area (Å²) in [4.78, 5) is 0. The van der Waals surface area contributed by atoms with Crippen molar-refractivity contribution in [2.24, 2.45) is 17.3 Å². The van der Waals surface area contributed by atoms with Crippen LogP contribution in [0.1, 0.15) is 72.6 Å². The van der Waals surface area contributed by atoms with E-state index in [9.17, 15) is 5.11 Å². The van der Waals surface area contributed by atoms with Crippen molar-refractivity contribution in [3.63, 3.8) is 0 Å². The molecule has 1 N–H and O–H groups in total. The van der Waals surface area contributed by atoms with E-state index in [4.69, 9.17) is 0 Å². The molecule has 0 aliphatic heterocycles. The van der Waals surface area contributed by atoms with Gasteiger partial charge in [0.15, 0.2) is 0 Å². The van der Waals surface area contributed by atoms with E-state index in [1.165, 1.54) is 32.1 Å². The van der Waals surface area contributed by atoms with Gasteiger partial charge in [-0.2, -0.15) is 0 Å². The molecule has 0 radical (unpaired) electrons. The first kappa shape index (κ1) is 14.4. The second-order valence-electron chi connectivity index (χ2n) is 8.12. The molecule has 112 valence electrons. The summed E-state index contributed by atoms with van der Waals surface area (Å²) in [5.74, 6) is 1.15. The number of rotatable bonds is 1. The third kappa shape index (κ3) is 2.09. The van der Waals surface area contributed by atoms with Gasteiger partial charge in [0, 0.05) is 0 Å². The van der Waals surface area contributed by atoms with Crippen LogP contribution in [0, 0.1) is 17.3 Å². The number of aliphatic hydroxyl groups is 1. The van der Waals surface area contributed by atoms with Crippen LogP contribution in [0.4, 0.5) is 0 Å². The van der Waals surface area contributed by atoms with E-state index in [0.717, 1.165) is 12.8 Å². The highest BCUT2D eigenvalue weighted by Gasteiger charge is 2.51. The summed E-state index contributed by atoms with van der Waals surface area (Å²) >= 11 is 0. The molecule has 0 heterocycles. The molecule has 0 saturated heterocycles. The highest BCUT2D eigenvalue weighted by Crippen LogP contribution is 2.58. The van der Waals surface area contributed by atoms with Crippen molar-refractivity contribution in [3.8, 4) is 0 Å². The Morgan fingerprint density at radius 1 is 1.25 bits per heavy atom. The summed E-state index contributed by atoms with van der Waals surface area (Å²) in [5.41, 5.74) is 4.85. The molecule has 0 amide bonds. The fourth-order valence-corrected chi connectivity index (χ4v) is 5.28. The van der Waals surface area contributed by atoms with Crippen LogP contribution in [-0.2, 0) is 0 Å². The summed E-state index contributed by atoms with van der Waals surface area (Å²) in [6.45, 7) is 9.15. The van der Waals surface area contributed by atoms with Crippen LogP contribution in [0.25, 0.3) is 0 Å². The standard InChI is InChI=1S/C19H30O/c1-13(2)14-6-8-16-15(12-14)7-9-17-18(16,3)10-5-11-19(17,4)20/h6,13,17,20H,5,7-12H2,1-4H3/t17?,18-,19-/m1/s1. The molecule has 0 spiro atoms. The average molecular weight is 274 g/mol. The molecule has 0 bridgehead atoms. The van der Waals surface area contributed by atoms with Crippen LogP contribution in [0.2, 0.25) is 0 Å². The van der Waals surface area contributed by atoms with E-state index in [1.54, 1.807) is 16.7 Å². The fraction of sp³-hybridized carbons (Fsp3) is 0.789. The van der Waals surface area contributed by atoms with Gasteiger partial charge in [-0.25, -0.2) is 0 Å². The lowest BCUT2D eigenvalue weighted by molar-refractivity contribution is -0.0905. The highest BCUT2D eigenvalue weighted by molar-refractivity contribution is 5.37.